The lowest BCUT2D eigenvalue weighted by molar-refractivity contribution is -0.136. The number of benzene rings is 1. The Morgan fingerprint density at radius 1 is 1.19 bits per heavy atom. The maximum absolute atomic E-state index is 13.8. The Labute approximate surface area is 221 Å². The van der Waals surface area contributed by atoms with Crippen LogP contribution in [0.2, 0.25) is 5.02 Å². The molecule has 1 saturated carbocycles. The minimum absolute atomic E-state index is 0.0105. The van der Waals surface area contributed by atoms with Crippen LogP contribution in [0.3, 0.4) is 0 Å². The number of likely N-dealkylation sites (N-methyl/N-ethyl adjacent to an activating group) is 1. The van der Waals surface area contributed by atoms with Gasteiger partial charge in [0.15, 0.2) is 5.82 Å². The zero-order chi connectivity index (χ0) is 25.9. The Morgan fingerprint density at radius 3 is 2.62 bits per heavy atom. The first-order chi connectivity index (χ1) is 17.8. The van der Waals surface area contributed by atoms with Crippen LogP contribution in [-0.2, 0) is 17.9 Å². The predicted octanol–water partition coefficient (Wildman–Crippen LogP) is 3.72. The van der Waals surface area contributed by atoms with E-state index in [1.165, 1.54) is 0 Å². The smallest absolute Gasteiger partial charge is 0.242 e. The highest BCUT2D eigenvalue weighted by molar-refractivity contribution is 6.30. The van der Waals surface area contributed by atoms with E-state index in [-0.39, 0.29) is 23.8 Å². The molecule has 0 bridgehead atoms. The van der Waals surface area contributed by atoms with Gasteiger partial charge in [0, 0.05) is 50.4 Å². The third kappa shape index (κ3) is 4.27. The molecule has 2 fully saturated rings. The highest BCUT2D eigenvalue weighted by Gasteiger charge is 2.56. The molecule has 1 unspecified atom stereocenters. The average molecular weight is 526 g/mol. The molecule has 1 aromatic heterocycles. The van der Waals surface area contributed by atoms with Crippen molar-refractivity contribution in [1.29, 1.82) is 0 Å². The molecular formula is C27H33ClFN7O. The van der Waals surface area contributed by atoms with E-state index in [9.17, 15) is 9.18 Å². The van der Waals surface area contributed by atoms with Gasteiger partial charge in [0.25, 0.3) is 0 Å². The SMILES string of the molecule is CC1=C(F)C=CC(N2CCC(c3nnc4n3-c3ccc(Cl)cc3CN(C3(C(=O)N(C)C)CC3)C4)CC2)N1. The first-order valence-corrected chi connectivity index (χ1v) is 13.4. The number of fused-ring (bicyclic) bond motifs is 3. The lowest BCUT2D eigenvalue weighted by Gasteiger charge is -2.37. The van der Waals surface area contributed by atoms with Crippen molar-refractivity contribution >= 4 is 17.5 Å². The number of nitrogens with zero attached hydrogens (tertiary/aromatic N) is 6. The molecule has 6 rings (SSSR count). The number of hydrogen-bond acceptors (Lipinski definition) is 6. The summed E-state index contributed by atoms with van der Waals surface area (Å²) in [4.78, 5) is 19.5. The van der Waals surface area contributed by atoms with Gasteiger partial charge in [-0.05, 0) is 68.5 Å². The van der Waals surface area contributed by atoms with E-state index < -0.39 is 5.54 Å². The van der Waals surface area contributed by atoms with Crippen molar-refractivity contribution in [2.45, 2.75) is 63.3 Å². The summed E-state index contributed by atoms with van der Waals surface area (Å²) in [5, 5.41) is 13.3. The molecular weight excluding hydrogens is 493 g/mol. The van der Waals surface area contributed by atoms with Gasteiger partial charge in [0.05, 0.1) is 18.4 Å². The Bertz CT molecular complexity index is 1290. The quantitative estimate of drug-likeness (QED) is 0.656. The van der Waals surface area contributed by atoms with Gasteiger partial charge in [-0.25, -0.2) is 4.39 Å². The van der Waals surface area contributed by atoms with E-state index in [0.717, 1.165) is 61.7 Å². The topological polar surface area (TPSA) is 69.5 Å². The van der Waals surface area contributed by atoms with Crippen LogP contribution >= 0.6 is 11.6 Å². The molecule has 8 nitrogen and oxygen atoms in total. The monoisotopic (exact) mass is 525 g/mol. The summed E-state index contributed by atoms with van der Waals surface area (Å²) in [5.74, 6) is 2.03. The summed E-state index contributed by atoms with van der Waals surface area (Å²) in [5.41, 5.74) is 2.23. The summed E-state index contributed by atoms with van der Waals surface area (Å²) in [7, 11) is 3.65. The van der Waals surface area contributed by atoms with Crippen LogP contribution < -0.4 is 5.32 Å². The minimum atomic E-state index is -0.484. The zero-order valence-corrected chi connectivity index (χ0v) is 22.3. The second-order valence-corrected chi connectivity index (χ2v) is 11.3. The highest BCUT2D eigenvalue weighted by Crippen LogP contribution is 2.46. The molecule has 37 heavy (non-hydrogen) atoms. The maximum Gasteiger partial charge on any atom is 0.242 e. The van der Waals surface area contributed by atoms with Crippen LogP contribution in [0.5, 0.6) is 0 Å². The molecule has 1 saturated heterocycles. The number of nitrogens with one attached hydrogen (secondary N) is 1. The van der Waals surface area contributed by atoms with Crippen molar-refractivity contribution in [3.05, 3.63) is 64.1 Å². The molecule has 1 atom stereocenters. The molecule has 0 radical (unpaired) electrons. The normalized spacial score (nSPS) is 23.8. The van der Waals surface area contributed by atoms with Gasteiger partial charge in [-0.2, -0.15) is 0 Å². The molecule has 4 heterocycles. The van der Waals surface area contributed by atoms with E-state index in [0.29, 0.717) is 23.8 Å². The van der Waals surface area contributed by atoms with Gasteiger partial charge in [-0.1, -0.05) is 11.6 Å². The predicted molar refractivity (Wildman–Crippen MR) is 140 cm³/mol. The second kappa shape index (κ2) is 9.22. The summed E-state index contributed by atoms with van der Waals surface area (Å²) >= 11 is 6.44. The summed E-state index contributed by atoms with van der Waals surface area (Å²) in [6, 6.07) is 5.98. The fourth-order valence-corrected chi connectivity index (χ4v) is 6.28. The Morgan fingerprint density at radius 2 is 1.95 bits per heavy atom. The highest BCUT2D eigenvalue weighted by atomic mass is 35.5. The van der Waals surface area contributed by atoms with Gasteiger partial charge >= 0.3 is 0 Å². The number of rotatable bonds is 4. The van der Waals surface area contributed by atoms with Crippen LogP contribution in [-0.4, -0.2) is 74.3 Å². The number of allylic oxidation sites excluding steroid dienone is 3. The van der Waals surface area contributed by atoms with E-state index in [1.54, 1.807) is 17.9 Å². The number of carbonyl (C=O) groups excluding carboxylic acids is 1. The van der Waals surface area contributed by atoms with Crippen LogP contribution in [0.4, 0.5) is 4.39 Å². The van der Waals surface area contributed by atoms with Crippen LogP contribution in [0.15, 0.2) is 41.9 Å². The summed E-state index contributed by atoms with van der Waals surface area (Å²) in [6.45, 7) is 4.73. The van der Waals surface area contributed by atoms with Crippen molar-refractivity contribution in [3.63, 3.8) is 0 Å². The number of likely N-dealkylation sites (tertiary alicyclic amines) is 1. The number of amides is 1. The van der Waals surface area contributed by atoms with Crippen LogP contribution in [0.1, 0.15) is 55.7 Å². The number of piperidine rings is 1. The van der Waals surface area contributed by atoms with E-state index in [1.807, 2.05) is 32.3 Å². The molecule has 10 heteroatoms. The Balaban J connectivity index is 1.28. The van der Waals surface area contributed by atoms with Gasteiger partial charge in [-0.15, -0.1) is 10.2 Å². The molecule has 196 valence electrons. The molecule has 0 spiro atoms. The standard InChI is InChI=1S/C27H33ClFN7O/c1-17-21(29)5-7-23(30-17)34-12-8-18(9-13-34)25-32-31-24-16-35(27(10-11-27)26(37)33(2)3)15-19-14-20(28)4-6-22(19)36(24)25/h4-7,14,18,23,30H,8-13,15-16H2,1-3H3. The number of halogens is 2. The molecule has 4 aliphatic rings. The second-order valence-electron chi connectivity index (χ2n) is 10.9. The van der Waals surface area contributed by atoms with Gasteiger partial charge in [0.1, 0.15) is 17.2 Å². The lowest BCUT2D eigenvalue weighted by atomic mass is 9.95. The minimum Gasteiger partial charge on any atom is -0.368 e. The molecule has 2 aromatic rings. The fraction of sp³-hybridized carbons (Fsp3) is 0.519. The van der Waals surface area contributed by atoms with Gasteiger partial charge in [-0.3, -0.25) is 19.2 Å². The number of dihydropyridines is 1. The molecule has 1 N–H and O–H groups in total. The number of hydrogen-bond donors (Lipinski definition) is 1. The molecule has 1 amide bonds. The van der Waals surface area contributed by atoms with E-state index >= 15 is 0 Å². The fourth-order valence-electron chi connectivity index (χ4n) is 6.08. The first kappa shape index (κ1) is 24.6. The van der Waals surface area contributed by atoms with Gasteiger partial charge in [0.2, 0.25) is 5.91 Å². The van der Waals surface area contributed by atoms with Crippen LogP contribution in [0, 0.1) is 0 Å². The third-order valence-electron chi connectivity index (χ3n) is 8.30. The first-order valence-electron chi connectivity index (χ1n) is 13.0. The van der Waals surface area contributed by atoms with E-state index in [2.05, 4.69) is 30.8 Å². The van der Waals surface area contributed by atoms with Crippen molar-refractivity contribution in [2.75, 3.05) is 27.2 Å². The number of carbonyl (C=O) groups is 1. The van der Waals surface area contributed by atoms with E-state index in [4.69, 9.17) is 16.7 Å². The van der Waals surface area contributed by atoms with Crippen molar-refractivity contribution < 1.29 is 9.18 Å². The largest absolute Gasteiger partial charge is 0.368 e. The molecule has 1 aliphatic carbocycles. The maximum atomic E-state index is 13.8. The van der Waals surface area contributed by atoms with Crippen LogP contribution in [0.25, 0.3) is 5.69 Å². The summed E-state index contributed by atoms with van der Waals surface area (Å²) < 4.78 is 16.0. The summed E-state index contributed by atoms with van der Waals surface area (Å²) in [6.07, 6.45) is 7.03. The molecule has 1 aromatic carbocycles. The van der Waals surface area contributed by atoms with Crippen molar-refractivity contribution in [3.8, 4) is 5.69 Å². The Hall–Kier alpha value is -2.75. The Kier molecular flexibility index (Phi) is 6.12. The third-order valence-corrected chi connectivity index (χ3v) is 8.53. The number of aromatic nitrogens is 3. The average Bonchev–Trinajstić information content (AvgIpc) is 3.62. The zero-order valence-electron chi connectivity index (χ0n) is 21.5. The van der Waals surface area contributed by atoms with Crippen molar-refractivity contribution in [2.24, 2.45) is 0 Å². The van der Waals surface area contributed by atoms with Gasteiger partial charge < -0.3 is 10.2 Å². The lowest BCUT2D eigenvalue weighted by Crippen LogP contribution is -2.48. The van der Waals surface area contributed by atoms with Crippen molar-refractivity contribution in [1.82, 2.24) is 34.8 Å². The molecule has 3 aliphatic heterocycles.